The summed E-state index contributed by atoms with van der Waals surface area (Å²) < 4.78 is 7.06. The summed E-state index contributed by atoms with van der Waals surface area (Å²) in [7, 11) is 0. The molecule has 4 nitrogen and oxygen atoms in total. The van der Waals surface area contributed by atoms with Gasteiger partial charge in [-0.3, -0.25) is 9.69 Å². The second kappa shape index (κ2) is 8.23. The van der Waals surface area contributed by atoms with Crippen LogP contribution in [0.2, 0.25) is 0 Å². The highest BCUT2D eigenvalue weighted by Gasteiger charge is 2.38. The third-order valence-electron chi connectivity index (χ3n) is 4.15. The van der Waals surface area contributed by atoms with E-state index in [-0.39, 0.29) is 12.5 Å². The van der Waals surface area contributed by atoms with Gasteiger partial charge >= 0.3 is 5.97 Å². The van der Waals surface area contributed by atoms with Gasteiger partial charge in [0.1, 0.15) is 0 Å². The minimum Gasteiger partial charge on any atom is -0.462 e. The molecule has 0 aromatic heterocycles. The number of esters is 1. The number of hydrogen-bond acceptors (Lipinski definition) is 3. The highest BCUT2D eigenvalue weighted by Crippen LogP contribution is 2.36. The number of carbonyl (C=O) groups is 2. The van der Waals surface area contributed by atoms with Gasteiger partial charge in [-0.05, 0) is 61.9 Å². The van der Waals surface area contributed by atoms with E-state index in [0.29, 0.717) is 22.5 Å². The zero-order valence-corrected chi connectivity index (χ0v) is 18.0. The molecule has 0 fully saturated rings. The first kappa shape index (κ1) is 19.6. The number of allylic oxidation sites excluding steroid dienone is 1. The Balaban J connectivity index is 2.11. The molecule has 138 valence electrons. The molecule has 1 amide bonds. The number of halogens is 2. The summed E-state index contributed by atoms with van der Waals surface area (Å²) in [5, 5.41) is 0. The molecule has 0 radical (unpaired) electrons. The second-order valence-corrected chi connectivity index (χ2v) is 7.74. The normalized spacial score (nSPS) is 15.6. The molecule has 27 heavy (non-hydrogen) atoms. The molecular weight excluding hydrogens is 474 g/mol. The average molecular weight is 491 g/mol. The zero-order chi connectivity index (χ0) is 19.6. The lowest BCUT2D eigenvalue weighted by Gasteiger charge is -2.18. The van der Waals surface area contributed by atoms with Crippen LogP contribution in [0.1, 0.15) is 19.4 Å². The van der Waals surface area contributed by atoms with E-state index in [1.807, 2.05) is 48.5 Å². The van der Waals surface area contributed by atoms with Gasteiger partial charge in [-0.15, -0.1) is 0 Å². The van der Waals surface area contributed by atoms with Gasteiger partial charge in [0.25, 0.3) is 5.91 Å². The summed E-state index contributed by atoms with van der Waals surface area (Å²) in [5.74, 6) is -0.743. The number of amides is 1. The van der Waals surface area contributed by atoms with Crippen LogP contribution in [-0.2, 0) is 14.3 Å². The van der Waals surface area contributed by atoms with Crippen LogP contribution in [0, 0.1) is 0 Å². The van der Waals surface area contributed by atoms with Gasteiger partial charge in [-0.1, -0.05) is 44.0 Å². The van der Waals surface area contributed by atoms with E-state index >= 15 is 0 Å². The lowest BCUT2D eigenvalue weighted by Crippen LogP contribution is -2.24. The van der Waals surface area contributed by atoms with Crippen molar-refractivity contribution in [2.24, 2.45) is 0 Å². The molecule has 0 bridgehead atoms. The van der Waals surface area contributed by atoms with Crippen LogP contribution in [0.15, 0.2) is 74.3 Å². The number of benzene rings is 2. The third kappa shape index (κ3) is 4.06. The van der Waals surface area contributed by atoms with Crippen molar-refractivity contribution in [2.45, 2.75) is 13.8 Å². The molecular formula is C21H17Br2NO3. The van der Waals surface area contributed by atoms with E-state index in [4.69, 9.17) is 4.74 Å². The van der Waals surface area contributed by atoms with Gasteiger partial charge in [-0.25, -0.2) is 4.79 Å². The third-order valence-corrected chi connectivity index (χ3v) is 5.20. The van der Waals surface area contributed by atoms with E-state index in [0.717, 1.165) is 14.5 Å². The highest BCUT2D eigenvalue weighted by molar-refractivity contribution is 9.10. The average Bonchev–Trinajstić information content (AvgIpc) is 2.88. The second-order valence-electron chi connectivity index (χ2n) is 5.91. The molecule has 3 rings (SSSR count). The van der Waals surface area contributed by atoms with Gasteiger partial charge < -0.3 is 4.74 Å². The fraction of sp³-hybridized carbons (Fsp3) is 0.143. The Morgan fingerprint density at radius 2 is 1.59 bits per heavy atom. The Kier molecular flexibility index (Phi) is 5.97. The van der Waals surface area contributed by atoms with E-state index in [1.54, 1.807) is 24.8 Å². The maximum atomic E-state index is 13.2. The van der Waals surface area contributed by atoms with Crippen molar-refractivity contribution >= 4 is 55.5 Å². The van der Waals surface area contributed by atoms with Crippen LogP contribution in [0.3, 0.4) is 0 Å². The Hall–Kier alpha value is -2.18. The van der Waals surface area contributed by atoms with Gasteiger partial charge in [0.15, 0.2) is 0 Å². The van der Waals surface area contributed by atoms with Crippen molar-refractivity contribution in [3.05, 3.63) is 79.9 Å². The Morgan fingerprint density at radius 1 is 1.04 bits per heavy atom. The number of hydrogen-bond donors (Lipinski definition) is 0. The molecule has 2 aromatic rings. The van der Waals surface area contributed by atoms with Gasteiger partial charge in [0.05, 0.1) is 17.8 Å². The van der Waals surface area contributed by atoms with Crippen molar-refractivity contribution in [3.8, 4) is 0 Å². The predicted molar refractivity (Wildman–Crippen MR) is 113 cm³/mol. The number of ether oxygens (including phenoxy) is 1. The van der Waals surface area contributed by atoms with Crippen molar-refractivity contribution < 1.29 is 14.3 Å². The highest BCUT2D eigenvalue weighted by atomic mass is 79.9. The van der Waals surface area contributed by atoms with E-state index in [1.165, 1.54) is 0 Å². The number of nitrogens with zero attached hydrogens (tertiary/aromatic N) is 1. The molecule has 0 atom stereocenters. The quantitative estimate of drug-likeness (QED) is 0.421. The van der Waals surface area contributed by atoms with E-state index in [9.17, 15) is 9.59 Å². The lowest BCUT2D eigenvalue weighted by molar-refractivity contribution is -0.138. The number of rotatable bonds is 4. The molecule has 0 spiro atoms. The van der Waals surface area contributed by atoms with Crippen LogP contribution in [-0.4, -0.2) is 18.5 Å². The largest absolute Gasteiger partial charge is 0.462 e. The van der Waals surface area contributed by atoms with Crippen LogP contribution in [0.4, 0.5) is 5.69 Å². The fourth-order valence-electron chi connectivity index (χ4n) is 2.91. The molecule has 2 aromatic carbocycles. The van der Waals surface area contributed by atoms with Crippen molar-refractivity contribution in [1.29, 1.82) is 0 Å². The summed E-state index contributed by atoms with van der Waals surface area (Å²) in [6, 6.07) is 14.9. The van der Waals surface area contributed by atoms with Gasteiger partial charge in [0, 0.05) is 20.3 Å². The van der Waals surface area contributed by atoms with Gasteiger partial charge in [-0.2, -0.15) is 0 Å². The van der Waals surface area contributed by atoms with Crippen molar-refractivity contribution in [2.75, 3.05) is 11.5 Å². The maximum absolute atomic E-state index is 13.2. The van der Waals surface area contributed by atoms with Crippen molar-refractivity contribution in [3.63, 3.8) is 0 Å². The smallest absolute Gasteiger partial charge is 0.340 e. The topological polar surface area (TPSA) is 46.6 Å². The molecule has 0 aliphatic carbocycles. The molecule has 0 unspecified atom stereocenters. The summed E-state index contributed by atoms with van der Waals surface area (Å²) in [6.45, 7) is 3.75. The maximum Gasteiger partial charge on any atom is 0.340 e. The van der Waals surface area contributed by atoms with Gasteiger partial charge in [0.2, 0.25) is 0 Å². The summed E-state index contributed by atoms with van der Waals surface area (Å²) in [4.78, 5) is 27.3. The minimum absolute atomic E-state index is 0.244. The van der Waals surface area contributed by atoms with E-state index < -0.39 is 5.97 Å². The SMILES string of the molecule is CCOC(=O)C1=C(C)N(c2ccc(Br)cc2)C(=O)/C1=C/c1ccc(Br)cc1. The van der Waals surface area contributed by atoms with Crippen molar-refractivity contribution in [1.82, 2.24) is 0 Å². The van der Waals surface area contributed by atoms with Crippen LogP contribution in [0.25, 0.3) is 6.08 Å². The Morgan fingerprint density at radius 3 is 2.15 bits per heavy atom. The zero-order valence-electron chi connectivity index (χ0n) is 14.8. The minimum atomic E-state index is -0.494. The molecule has 0 N–H and O–H groups in total. The molecule has 1 aliphatic rings. The Labute approximate surface area is 174 Å². The summed E-state index contributed by atoms with van der Waals surface area (Å²) in [5.41, 5.74) is 2.71. The first-order chi connectivity index (χ1) is 12.9. The Bertz CT molecular complexity index is 944. The molecule has 0 saturated carbocycles. The monoisotopic (exact) mass is 489 g/mol. The summed E-state index contributed by atoms with van der Waals surface area (Å²) in [6.07, 6.45) is 1.73. The molecule has 1 aliphatic heterocycles. The van der Waals surface area contributed by atoms with Crippen LogP contribution < -0.4 is 4.90 Å². The predicted octanol–water partition coefficient (Wildman–Crippen LogP) is 5.48. The van der Waals surface area contributed by atoms with Crippen LogP contribution in [0.5, 0.6) is 0 Å². The first-order valence-electron chi connectivity index (χ1n) is 8.38. The molecule has 0 saturated heterocycles. The first-order valence-corrected chi connectivity index (χ1v) is 9.96. The number of anilines is 1. The standard InChI is InChI=1S/C21H17Br2NO3/c1-3-27-21(26)19-13(2)24(17-10-8-16(23)9-11-17)20(25)18(19)12-14-4-6-15(22)7-5-14/h4-12H,3H2,1-2H3/b18-12+. The van der Waals surface area contributed by atoms with Crippen LogP contribution >= 0.6 is 31.9 Å². The number of carbonyl (C=O) groups excluding carboxylic acids is 2. The fourth-order valence-corrected chi connectivity index (χ4v) is 3.44. The lowest BCUT2D eigenvalue weighted by atomic mass is 10.0. The summed E-state index contributed by atoms with van der Waals surface area (Å²) >= 11 is 6.80. The molecule has 6 heteroatoms. The van der Waals surface area contributed by atoms with E-state index in [2.05, 4.69) is 31.9 Å². The molecule has 1 heterocycles.